The third-order valence-corrected chi connectivity index (χ3v) is 5.71. The number of hydrogen-bond donors (Lipinski definition) is 2. The number of benzene rings is 1. The SMILES string of the molecule is COc1ccc(NC(=O)NCC2CCN(C(=O)c3cccnc3SC)CC2)cc1. The van der Waals surface area contributed by atoms with Crippen molar-refractivity contribution in [2.24, 2.45) is 5.92 Å². The lowest BCUT2D eigenvalue weighted by Crippen LogP contribution is -2.42. The first-order valence-corrected chi connectivity index (χ1v) is 10.8. The summed E-state index contributed by atoms with van der Waals surface area (Å²) in [5.41, 5.74) is 1.38. The van der Waals surface area contributed by atoms with Crippen molar-refractivity contribution in [2.45, 2.75) is 17.9 Å². The van der Waals surface area contributed by atoms with E-state index in [0.29, 0.717) is 36.8 Å². The van der Waals surface area contributed by atoms with E-state index in [9.17, 15) is 9.59 Å². The van der Waals surface area contributed by atoms with Crippen molar-refractivity contribution in [2.75, 3.05) is 38.3 Å². The Hall–Kier alpha value is -2.74. The number of thioether (sulfide) groups is 1. The summed E-state index contributed by atoms with van der Waals surface area (Å²) < 4.78 is 5.11. The molecule has 154 valence electrons. The Labute approximate surface area is 175 Å². The molecule has 1 aliphatic rings. The minimum absolute atomic E-state index is 0.0334. The number of urea groups is 1. The molecule has 1 aromatic heterocycles. The Morgan fingerprint density at radius 2 is 1.93 bits per heavy atom. The van der Waals surface area contributed by atoms with Crippen LogP contribution in [0.3, 0.4) is 0 Å². The number of methoxy groups -OCH3 is 1. The summed E-state index contributed by atoms with van der Waals surface area (Å²) in [6.45, 7) is 1.97. The molecule has 1 aromatic carbocycles. The third-order valence-electron chi connectivity index (χ3n) is 5.00. The Balaban J connectivity index is 1.43. The standard InChI is InChI=1S/C21H26N4O3S/c1-28-17-7-5-16(6-8-17)24-21(27)23-14-15-9-12-25(13-10-15)20(26)18-4-3-11-22-19(18)29-2/h3-8,11,15H,9-10,12-14H2,1-2H3,(H2,23,24,27). The van der Waals surface area contributed by atoms with Gasteiger partial charge in [-0.3, -0.25) is 4.79 Å². The van der Waals surface area contributed by atoms with E-state index in [4.69, 9.17) is 4.74 Å². The van der Waals surface area contributed by atoms with Gasteiger partial charge in [0, 0.05) is 31.5 Å². The van der Waals surface area contributed by atoms with E-state index in [2.05, 4.69) is 15.6 Å². The number of likely N-dealkylation sites (tertiary alicyclic amines) is 1. The van der Waals surface area contributed by atoms with Crippen LogP contribution in [0, 0.1) is 5.92 Å². The van der Waals surface area contributed by atoms with Gasteiger partial charge in [-0.1, -0.05) is 0 Å². The smallest absolute Gasteiger partial charge is 0.319 e. The topological polar surface area (TPSA) is 83.6 Å². The molecule has 8 heteroatoms. The molecule has 0 unspecified atom stereocenters. The first-order valence-electron chi connectivity index (χ1n) is 9.58. The second-order valence-electron chi connectivity index (χ2n) is 6.86. The zero-order chi connectivity index (χ0) is 20.6. The second-order valence-corrected chi connectivity index (χ2v) is 7.65. The summed E-state index contributed by atoms with van der Waals surface area (Å²) in [5, 5.41) is 6.50. The van der Waals surface area contributed by atoms with Crippen LogP contribution >= 0.6 is 11.8 Å². The Kier molecular flexibility index (Phi) is 7.35. The molecule has 1 fully saturated rings. The predicted molar refractivity (Wildman–Crippen MR) is 115 cm³/mol. The number of carbonyl (C=O) groups is 2. The molecule has 1 aliphatic heterocycles. The van der Waals surface area contributed by atoms with Crippen LogP contribution in [0.1, 0.15) is 23.2 Å². The maximum absolute atomic E-state index is 12.8. The number of carbonyl (C=O) groups excluding carboxylic acids is 2. The van der Waals surface area contributed by atoms with Gasteiger partial charge in [-0.05, 0) is 61.4 Å². The van der Waals surface area contributed by atoms with Crippen molar-refractivity contribution >= 4 is 29.4 Å². The molecule has 2 aromatic rings. The molecular weight excluding hydrogens is 388 g/mol. The fourth-order valence-electron chi connectivity index (χ4n) is 3.31. The Morgan fingerprint density at radius 3 is 2.59 bits per heavy atom. The van der Waals surface area contributed by atoms with E-state index in [-0.39, 0.29) is 11.9 Å². The van der Waals surface area contributed by atoms with Crippen molar-refractivity contribution in [3.8, 4) is 5.75 Å². The summed E-state index contributed by atoms with van der Waals surface area (Å²) in [7, 11) is 1.60. The predicted octanol–water partition coefficient (Wildman–Crippen LogP) is 3.49. The zero-order valence-corrected chi connectivity index (χ0v) is 17.5. The molecule has 0 radical (unpaired) electrons. The van der Waals surface area contributed by atoms with Gasteiger partial charge >= 0.3 is 6.03 Å². The largest absolute Gasteiger partial charge is 0.497 e. The number of anilines is 1. The van der Waals surface area contributed by atoms with Crippen molar-refractivity contribution in [1.82, 2.24) is 15.2 Å². The highest BCUT2D eigenvalue weighted by Crippen LogP contribution is 2.23. The van der Waals surface area contributed by atoms with Gasteiger partial charge in [0.05, 0.1) is 12.7 Å². The van der Waals surface area contributed by atoms with E-state index < -0.39 is 0 Å². The number of ether oxygens (including phenoxy) is 1. The molecule has 3 rings (SSSR count). The molecule has 0 aliphatic carbocycles. The maximum Gasteiger partial charge on any atom is 0.319 e. The third kappa shape index (κ3) is 5.63. The molecule has 0 atom stereocenters. The van der Waals surface area contributed by atoms with Gasteiger partial charge in [0.2, 0.25) is 0 Å². The lowest BCUT2D eigenvalue weighted by molar-refractivity contribution is 0.0686. The normalized spacial score (nSPS) is 14.3. The van der Waals surface area contributed by atoms with Gasteiger partial charge in [0.1, 0.15) is 10.8 Å². The number of nitrogens with one attached hydrogen (secondary N) is 2. The number of rotatable bonds is 6. The van der Waals surface area contributed by atoms with Gasteiger partial charge in [-0.2, -0.15) is 0 Å². The maximum atomic E-state index is 12.8. The molecule has 1 saturated heterocycles. The van der Waals surface area contributed by atoms with Gasteiger partial charge in [0.25, 0.3) is 5.91 Å². The number of piperidine rings is 1. The molecule has 0 spiro atoms. The molecule has 7 nitrogen and oxygen atoms in total. The summed E-state index contributed by atoms with van der Waals surface area (Å²) in [6.07, 6.45) is 5.36. The zero-order valence-electron chi connectivity index (χ0n) is 16.7. The number of pyridine rings is 1. The van der Waals surface area contributed by atoms with E-state index in [1.54, 1.807) is 43.6 Å². The first-order chi connectivity index (χ1) is 14.1. The Morgan fingerprint density at radius 1 is 1.21 bits per heavy atom. The van der Waals surface area contributed by atoms with Crippen LogP contribution in [0.15, 0.2) is 47.6 Å². The molecule has 2 N–H and O–H groups in total. The fourth-order valence-corrected chi connectivity index (χ4v) is 3.85. The molecule has 0 saturated carbocycles. The molecule has 0 bridgehead atoms. The minimum atomic E-state index is -0.228. The second kappa shape index (κ2) is 10.2. The van der Waals surface area contributed by atoms with E-state index >= 15 is 0 Å². The first kappa shape index (κ1) is 21.0. The average Bonchev–Trinajstić information content (AvgIpc) is 2.78. The van der Waals surface area contributed by atoms with Crippen LogP contribution in [-0.4, -0.2) is 54.8 Å². The van der Waals surface area contributed by atoms with Crippen LogP contribution in [-0.2, 0) is 0 Å². The summed E-state index contributed by atoms with van der Waals surface area (Å²) in [5.74, 6) is 1.13. The van der Waals surface area contributed by atoms with Crippen LogP contribution in [0.5, 0.6) is 5.75 Å². The quantitative estimate of drug-likeness (QED) is 0.707. The van der Waals surface area contributed by atoms with Crippen LogP contribution in [0.2, 0.25) is 0 Å². The van der Waals surface area contributed by atoms with Crippen LogP contribution in [0.4, 0.5) is 10.5 Å². The van der Waals surface area contributed by atoms with Gasteiger partial charge < -0.3 is 20.3 Å². The highest BCUT2D eigenvalue weighted by atomic mass is 32.2. The lowest BCUT2D eigenvalue weighted by atomic mass is 9.96. The monoisotopic (exact) mass is 414 g/mol. The molecule has 2 heterocycles. The highest BCUT2D eigenvalue weighted by Gasteiger charge is 2.25. The van der Waals surface area contributed by atoms with Gasteiger partial charge in [-0.25, -0.2) is 9.78 Å². The number of hydrogen-bond acceptors (Lipinski definition) is 5. The van der Waals surface area contributed by atoms with Crippen molar-refractivity contribution in [1.29, 1.82) is 0 Å². The summed E-state index contributed by atoms with van der Waals surface area (Å²) in [4.78, 5) is 31.1. The molecular formula is C21H26N4O3S. The number of aromatic nitrogens is 1. The van der Waals surface area contributed by atoms with Crippen LogP contribution < -0.4 is 15.4 Å². The van der Waals surface area contributed by atoms with Crippen LogP contribution in [0.25, 0.3) is 0 Å². The summed E-state index contributed by atoms with van der Waals surface area (Å²) in [6, 6.07) is 10.6. The minimum Gasteiger partial charge on any atom is -0.497 e. The summed E-state index contributed by atoms with van der Waals surface area (Å²) >= 11 is 1.48. The van der Waals surface area contributed by atoms with Crippen molar-refractivity contribution < 1.29 is 14.3 Å². The number of nitrogens with zero attached hydrogens (tertiary/aromatic N) is 2. The molecule has 3 amide bonds. The Bertz CT molecular complexity index is 836. The lowest BCUT2D eigenvalue weighted by Gasteiger charge is -2.32. The van der Waals surface area contributed by atoms with E-state index in [1.165, 1.54) is 11.8 Å². The van der Waals surface area contributed by atoms with Crippen molar-refractivity contribution in [3.63, 3.8) is 0 Å². The fraction of sp³-hybridized carbons (Fsp3) is 0.381. The van der Waals surface area contributed by atoms with Gasteiger partial charge in [0.15, 0.2) is 0 Å². The van der Waals surface area contributed by atoms with E-state index in [1.807, 2.05) is 17.2 Å². The van der Waals surface area contributed by atoms with E-state index in [0.717, 1.165) is 23.6 Å². The average molecular weight is 415 g/mol. The molecule has 29 heavy (non-hydrogen) atoms. The van der Waals surface area contributed by atoms with Gasteiger partial charge in [-0.15, -0.1) is 11.8 Å². The highest BCUT2D eigenvalue weighted by molar-refractivity contribution is 7.98. The number of amides is 3. The van der Waals surface area contributed by atoms with Crippen molar-refractivity contribution in [3.05, 3.63) is 48.2 Å².